The van der Waals surface area contributed by atoms with Crippen LogP contribution in [-0.4, -0.2) is 87.7 Å². The van der Waals surface area contributed by atoms with Crippen LogP contribution in [0.5, 0.6) is 0 Å². The van der Waals surface area contributed by atoms with Crippen molar-refractivity contribution in [1.82, 2.24) is 29.9 Å². The molecule has 1 aliphatic rings. The number of aryl methyl sites for hydroxylation is 1. The van der Waals surface area contributed by atoms with Gasteiger partial charge in [0.1, 0.15) is 12.2 Å². The monoisotopic (exact) mass is 495 g/mol. The van der Waals surface area contributed by atoms with E-state index in [1.807, 2.05) is 4.90 Å². The molecular formula is C16H30IN7OS. The third-order valence-electron chi connectivity index (χ3n) is 4.23. The summed E-state index contributed by atoms with van der Waals surface area (Å²) < 4.78 is 2.07. The van der Waals surface area contributed by atoms with Crippen molar-refractivity contribution in [2.45, 2.75) is 26.8 Å². The Bertz CT molecular complexity index is 573. The Balaban J connectivity index is 0.00000338. The molecule has 0 bridgehead atoms. The molecule has 1 N–H and O–H groups in total. The lowest BCUT2D eigenvalue weighted by atomic mass is 10.3. The molecule has 0 spiro atoms. The average molecular weight is 495 g/mol. The quantitative estimate of drug-likeness (QED) is 0.263. The molecule has 1 fully saturated rings. The third kappa shape index (κ3) is 6.93. The molecule has 0 saturated carbocycles. The molecule has 2 rings (SSSR count). The van der Waals surface area contributed by atoms with E-state index in [0.717, 1.165) is 69.8 Å². The first-order valence-electron chi connectivity index (χ1n) is 8.80. The van der Waals surface area contributed by atoms with Crippen molar-refractivity contribution in [3.05, 3.63) is 12.2 Å². The zero-order valence-corrected chi connectivity index (χ0v) is 19.0. The molecule has 0 radical (unpaired) electrons. The lowest BCUT2D eigenvalue weighted by molar-refractivity contribution is -0.130. The van der Waals surface area contributed by atoms with E-state index in [2.05, 4.69) is 38.2 Å². The van der Waals surface area contributed by atoms with E-state index in [0.29, 0.717) is 0 Å². The Morgan fingerprint density at radius 3 is 2.62 bits per heavy atom. The highest BCUT2D eigenvalue weighted by Crippen LogP contribution is 2.03. The van der Waals surface area contributed by atoms with Crippen LogP contribution < -0.4 is 5.32 Å². The number of amides is 1. The number of aromatic nitrogens is 3. The number of aliphatic imine (C=N–C) groups is 1. The van der Waals surface area contributed by atoms with Crippen LogP contribution in [0.15, 0.2) is 11.3 Å². The number of nitrogens with one attached hydrogen (secondary N) is 1. The Morgan fingerprint density at radius 2 is 2.00 bits per heavy atom. The zero-order valence-electron chi connectivity index (χ0n) is 15.8. The minimum atomic E-state index is 0. The second-order valence-corrected chi connectivity index (χ2v) is 6.90. The maximum Gasteiger partial charge on any atom is 0.219 e. The number of rotatable bonds is 7. The summed E-state index contributed by atoms with van der Waals surface area (Å²) in [6, 6.07) is 0. The molecule has 1 aromatic heterocycles. The molecule has 148 valence electrons. The van der Waals surface area contributed by atoms with Crippen molar-refractivity contribution in [3.8, 4) is 0 Å². The molecule has 0 unspecified atom stereocenters. The lowest BCUT2D eigenvalue weighted by Crippen LogP contribution is -2.53. The Labute approximate surface area is 177 Å². The summed E-state index contributed by atoms with van der Waals surface area (Å²) in [6.45, 7) is 9.23. The smallest absolute Gasteiger partial charge is 0.219 e. The van der Waals surface area contributed by atoms with Gasteiger partial charge in [-0.3, -0.25) is 9.79 Å². The van der Waals surface area contributed by atoms with Gasteiger partial charge in [-0.15, -0.1) is 34.2 Å². The topological polar surface area (TPSA) is 78.7 Å². The van der Waals surface area contributed by atoms with Crippen molar-refractivity contribution >= 4 is 47.6 Å². The Kier molecular flexibility index (Phi) is 10.9. The second kappa shape index (κ2) is 12.4. The normalized spacial score (nSPS) is 15.0. The molecular weight excluding hydrogens is 465 g/mol. The summed E-state index contributed by atoms with van der Waals surface area (Å²) in [6.07, 6.45) is 4.74. The van der Waals surface area contributed by atoms with E-state index < -0.39 is 0 Å². The van der Waals surface area contributed by atoms with Gasteiger partial charge in [0, 0.05) is 58.4 Å². The van der Waals surface area contributed by atoms with Crippen molar-refractivity contribution in [3.63, 3.8) is 0 Å². The molecule has 1 aliphatic heterocycles. The van der Waals surface area contributed by atoms with Crippen molar-refractivity contribution in [2.75, 3.05) is 51.3 Å². The van der Waals surface area contributed by atoms with E-state index in [1.165, 1.54) is 0 Å². The van der Waals surface area contributed by atoms with Crippen molar-refractivity contribution in [2.24, 2.45) is 4.99 Å². The van der Waals surface area contributed by atoms with Crippen LogP contribution >= 0.6 is 35.7 Å². The van der Waals surface area contributed by atoms with Crippen LogP contribution in [0.3, 0.4) is 0 Å². The number of hydrogen-bond acceptors (Lipinski definition) is 5. The summed E-state index contributed by atoms with van der Waals surface area (Å²) in [5.41, 5.74) is 0. The van der Waals surface area contributed by atoms with Crippen LogP contribution in [0, 0.1) is 0 Å². The average Bonchev–Trinajstić information content (AvgIpc) is 3.08. The highest BCUT2D eigenvalue weighted by Gasteiger charge is 2.21. The third-order valence-corrected chi connectivity index (χ3v) is 4.82. The lowest BCUT2D eigenvalue weighted by Gasteiger charge is -2.36. The van der Waals surface area contributed by atoms with Gasteiger partial charge in [-0.1, -0.05) is 6.92 Å². The van der Waals surface area contributed by atoms with Gasteiger partial charge in [0.2, 0.25) is 5.91 Å². The first-order valence-corrected chi connectivity index (χ1v) is 10.2. The molecule has 1 saturated heterocycles. The Hall–Kier alpha value is -1.04. The molecule has 10 heteroatoms. The van der Waals surface area contributed by atoms with Gasteiger partial charge in [0.25, 0.3) is 0 Å². The van der Waals surface area contributed by atoms with E-state index >= 15 is 0 Å². The van der Waals surface area contributed by atoms with E-state index in [4.69, 9.17) is 4.99 Å². The molecule has 26 heavy (non-hydrogen) atoms. The predicted molar refractivity (Wildman–Crippen MR) is 117 cm³/mol. The van der Waals surface area contributed by atoms with Crippen molar-refractivity contribution < 1.29 is 4.79 Å². The number of carbonyl (C=O) groups excluding carboxylic acids is 1. The predicted octanol–water partition coefficient (Wildman–Crippen LogP) is 0.931. The van der Waals surface area contributed by atoms with Crippen LogP contribution in [0.4, 0.5) is 0 Å². The van der Waals surface area contributed by atoms with E-state index in [9.17, 15) is 4.79 Å². The molecule has 0 aliphatic carbocycles. The first-order chi connectivity index (χ1) is 12.2. The summed E-state index contributed by atoms with van der Waals surface area (Å²) >= 11 is 1.79. The summed E-state index contributed by atoms with van der Waals surface area (Å²) in [5.74, 6) is 3.08. The van der Waals surface area contributed by atoms with E-state index in [1.54, 1.807) is 25.0 Å². The summed E-state index contributed by atoms with van der Waals surface area (Å²) in [5, 5.41) is 11.6. The largest absolute Gasteiger partial charge is 0.354 e. The minimum absolute atomic E-state index is 0. The zero-order chi connectivity index (χ0) is 18.1. The first kappa shape index (κ1) is 23.0. The highest BCUT2D eigenvalue weighted by atomic mass is 127. The standard InChI is InChI=1S/C16H29N7OS.HI/c1-4-15-20-19-13-23(15)7-5-17-16(18-6-12-25-3)22-10-8-21(9-11-22)14(2)24;/h13H,4-12H2,1-3H3,(H,17,18);1H. The van der Waals surface area contributed by atoms with Gasteiger partial charge < -0.3 is 19.7 Å². The molecule has 1 aromatic rings. The number of hydrogen-bond donors (Lipinski definition) is 1. The van der Waals surface area contributed by atoms with Gasteiger partial charge in [-0.25, -0.2) is 0 Å². The molecule has 0 atom stereocenters. The van der Waals surface area contributed by atoms with Gasteiger partial charge in [0.15, 0.2) is 5.96 Å². The SMILES string of the molecule is CCc1nncn1CCNC(=NCCSC)N1CCN(C(C)=O)CC1.I. The number of thioether (sulfide) groups is 1. The van der Waals surface area contributed by atoms with Crippen LogP contribution in [0.1, 0.15) is 19.7 Å². The van der Waals surface area contributed by atoms with Gasteiger partial charge in [-0.05, 0) is 6.26 Å². The van der Waals surface area contributed by atoms with Gasteiger partial charge in [-0.2, -0.15) is 11.8 Å². The number of carbonyl (C=O) groups is 1. The highest BCUT2D eigenvalue weighted by molar-refractivity contribution is 14.0. The summed E-state index contributed by atoms with van der Waals surface area (Å²) in [7, 11) is 0. The number of guanidine groups is 1. The summed E-state index contributed by atoms with van der Waals surface area (Å²) in [4.78, 5) is 20.4. The maximum atomic E-state index is 11.5. The second-order valence-electron chi connectivity index (χ2n) is 5.91. The number of nitrogens with zero attached hydrogens (tertiary/aromatic N) is 6. The maximum absolute atomic E-state index is 11.5. The fourth-order valence-corrected chi connectivity index (χ4v) is 3.05. The minimum Gasteiger partial charge on any atom is -0.354 e. The molecule has 1 amide bonds. The fourth-order valence-electron chi connectivity index (χ4n) is 2.77. The Morgan fingerprint density at radius 1 is 1.31 bits per heavy atom. The number of piperazine rings is 1. The van der Waals surface area contributed by atoms with Crippen LogP contribution in [0.25, 0.3) is 0 Å². The number of halogens is 1. The van der Waals surface area contributed by atoms with Crippen LogP contribution in [0.2, 0.25) is 0 Å². The molecule has 8 nitrogen and oxygen atoms in total. The van der Waals surface area contributed by atoms with E-state index in [-0.39, 0.29) is 29.9 Å². The van der Waals surface area contributed by atoms with Crippen LogP contribution in [-0.2, 0) is 17.8 Å². The van der Waals surface area contributed by atoms with Gasteiger partial charge in [0.05, 0.1) is 6.54 Å². The van der Waals surface area contributed by atoms with Crippen molar-refractivity contribution in [1.29, 1.82) is 0 Å². The fraction of sp³-hybridized carbons (Fsp3) is 0.750. The van der Waals surface area contributed by atoms with Gasteiger partial charge >= 0.3 is 0 Å². The molecule has 0 aromatic carbocycles. The molecule has 2 heterocycles.